The van der Waals surface area contributed by atoms with E-state index in [1.807, 2.05) is 12.1 Å². The molecule has 386 valence electrons. The fourth-order valence-corrected chi connectivity index (χ4v) is 11.4. The number of halogens is 3. The van der Waals surface area contributed by atoms with Crippen molar-refractivity contribution < 1.29 is 46.6 Å². The Morgan fingerprint density at radius 3 is 2.35 bits per heavy atom. The quantitative estimate of drug-likeness (QED) is 0.0670. The van der Waals surface area contributed by atoms with E-state index in [1.165, 1.54) is 11.0 Å². The summed E-state index contributed by atoms with van der Waals surface area (Å²) in [6, 6.07) is 28.6. The van der Waals surface area contributed by atoms with E-state index in [4.69, 9.17) is 9.47 Å². The number of imide groups is 1. The Labute approximate surface area is 426 Å². The molecule has 4 fully saturated rings. The van der Waals surface area contributed by atoms with Crippen LogP contribution in [0.4, 0.5) is 24.5 Å². The number of ether oxygens (including phenoxy) is 2. The zero-order valence-corrected chi connectivity index (χ0v) is 41.0. The first-order valence-corrected chi connectivity index (χ1v) is 25.7. The Morgan fingerprint density at radius 1 is 0.824 bits per heavy atom. The maximum atomic E-state index is 15.1. The van der Waals surface area contributed by atoms with Gasteiger partial charge < -0.3 is 39.8 Å². The highest BCUT2D eigenvalue weighted by molar-refractivity contribution is 6.02. The molecule has 5 amide bonds. The second kappa shape index (κ2) is 21.2. The summed E-state index contributed by atoms with van der Waals surface area (Å²) in [4.78, 5) is 73.8. The Balaban J connectivity index is 0.683. The molecule has 4 aromatic carbocycles. The standard InChI is InChI=1S/C56H59F3N8O7/c57-56(58,59)55(74-49-10-2-1-8-42(49)48-31-43-38(33-60)6-4-9-46(43)62-48)19-26-67(27-20-55)54(72)45-32-51(69)63-47-13-11-40(30-44(45)47)73-28-21-61-52(70)36-17-22-65(23-18-36)34-35-15-24-66(25-16-35)39-7-3-5-37(29-39)41-12-14-50(68)64-53(41)71/h1-11,13,29-31,35-36,41,45,62H,12,14-28,32,34H2,(H,61,70)(H,63,69)(H,64,68,71)/t41?,45-/m0/s1. The van der Waals surface area contributed by atoms with E-state index in [9.17, 15) is 29.2 Å². The smallest absolute Gasteiger partial charge is 0.428 e. The molecule has 10 rings (SSSR count). The predicted octanol–water partition coefficient (Wildman–Crippen LogP) is 7.78. The van der Waals surface area contributed by atoms with Gasteiger partial charge in [0.2, 0.25) is 35.1 Å². The van der Waals surface area contributed by atoms with Gasteiger partial charge in [-0.1, -0.05) is 30.3 Å². The summed E-state index contributed by atoms with van der Waals surface area (Å²) in [6.07, 6.45) is -1.52. The highest BCUT2D eigenvalue weighted by atomic mass is 19.4. The van der Waals surface area contributed by atoms with Gasteiger partial charge in [0.15, 0.2) is 0 Å². The number of carbonyl (C=O) groups is 5. The number of hydrogen-bond acceptors (Lipinski definition) is 10. The number of likely N-dealkylation sites (tertiary alicyclic amines) is 2. The van der Waals surface area contributed by atoms with Crippen molar-refractivity contribution in [3.63, 3.8) is 0 Å². The van der Waals surface area contributed by atoms with E-state index in [0.29, 0.717) is 63.5 Å². The maximum Gasteiger partial charge on any atom is 0.428 e. The van der Waals surface area contributed by atoms with Crippen molar-refractivity contribution in [3.05, 3.63) is 108 Å². The summed E-state index contributed by atoms with van der Waals surface area (Å²) in [5.74, 6) is -1.67. The normalized spacial score (nSPS) is 20.8. The van der Waals surface area contributed by atoms with Crippen LogP contribution in [-0.4, -0.2) is 115 Å². The molecule has 5 aliphatic rings. The van der Waals surface area contributed by atoms with Crippen molar-refractivity contribution in [2.45, 2.75) is 81.4 Å². The van der Waals surface area contributed by atoms with Gasteiger partial charge in [-0.15, -0.1) is 0 Å². The van der Waals surface area contributed by atoms with Gasteiger partial charge >= 0.3 is 6.18 Å². The third kappa shape index (κ3) is 10.7. The molecule has 6 heterocycles. The van der Waals surface area contributed by atoms with Crippen LogP contribution in [0.5, 0.6) is 11.5 Å². The topological polar surface area (TPSA) is 189 Å². The highest BCUT2D eigenvalue weighted by Gasteiger charge is 2.59. The molecule has 15 nitrogen and oxygen atoms in total. The number of aromatic nitrogens is 1. The number of alkyl halides is 3. The van der Waals surface area contributed by atoms with Gasteiger partial charge in [-0.25, -0.2) is 0 Å². The highest BCUT2D eigenvalue weighted by Crippen LogP contribution is 2.46. The number of piperidine rings is 4. The third-order valence-corrected chi connectivity index (χ3v) is 15.7. The summed E-state index contributed by atoms with van der Waals surface area (Å²) in [5.41, 5.74) is 2.35. The monoisotopic (exact) mass is 1010 g/mol. The molecule has 5 aromatic rings. The second-order valence-corrected chi connectivity index (χ2v) is 20.3. The van der Waals surface area contributed by atoms with Crippen molar-refractivity contribution in [3.8, 4) is 28.8 Å². The first-order valence-electron chi connectivity index (χ1n) is 25.7. The first kappa shape index (κ1) is 50.2. The average molecular weight is 1010 g/mol. The van der Waals surface area contributed by atoms with E-state index in [0.717, 1.165) is 69.7 Å². The van der Waals surface area contributed by atoms with Crippen LogP contribution in [0.2, 0.25) is 0 Å². The van der Waals surface area contributed by atoms with Crippen LogP contribution in [0, 0.1) is 23.2 Å². The van der Waals surface area contributed by atoms with E-state index < -0.39 is 36.4 Å². The number of nitrogens with one attached hydrogen (secondary N) is 4. The maximum absolute atomic E-state index is 15.1. The van der Waals surface area contributed by atoms with E-state index >= 15 is 13.2 Å². The molecule has 5 aliphatic heterocycles. The average Bonchev–Trinajstić information content (AvgIpc) is 3.85. The van der Waals surface area contributed by atoms with Crippen LogP contribution < -0.4 is 30.3 Å². The number of nitrogens with zero attached hydrogens (tertiary/aromatic N) is 4. The van der Waals surface area contributed by atoms with Crippen molar-refractivity contribution >= 4 is 51.8 Å². The number of aromatic amines is 1. The number of rotatable bonds is 13. The molecular weight excluding hydrogens is 954 g/mol. The molecular formula is C56H59F3N8O7. The van der Waals surface area contributed by atoms with Crippen molar-refractivity contribution in [2.75, 3.05) is 69.2 Å². The summed E-state index contributed by atoms with van der Waals surface area (Å²) in [5, 5.41) is 18.5. The fraction of sp³-hybridized carbons (Fsp3) is 0.429. The third-order valence-electron chi connectivity index (χ3n) is 15.7. The van der Waals surface area contributed by atoms with Crippen LogP contribution in [0.15, 0.2) is 91.0 Å². The van der Waals surface area contributed by atoms with Gasteiger partial charge in [-0.05, 0) is 123 Å². The number of carbonyl (C=O) groups excluding carboxylic acids is 5. The minimum absolute atomic E-state index is 0.0101. The molecule has 18 heteroatoms. The number of anilines is 2. The number of fused-ring (bicyclic) bond motifs is 2. The summed E-state index contributed by atoms with van der Waals surface area (Å²) >= 11 is 0. The van der Waals surface area contributed by atoms with Crippen molar-refractivity contribution in [1.82, 2.24) is 25.4 Å². The lowest BCUT2D eigenvalue weighted by molar-refractivity contribution is -0.260. The molecule has 4 N–H and O–H groups in total. The molecule has 4 saturated heterocycles. The van der Waals surface area contributed by atoms with Gasteiger partial charge in [-0.3, -0.25) is 29.3 Å². The molecule has 0 bridgehead atoms. The molecule has 1 aromatic heterocycles. The van der Waals surface area contributed by atoms with Gasteiger partial charge in [0.25, 0.3) is 0 Å². The number of benzene rings is 4. The number of nitriles is 1. The number of para-hydroxylation sites is 1. The van der Waals surface area contributed by atoms with E-state index in [-0.39, 0.29) is 73.9 Å². The van der Waals surface area contributed by atoms with Crippen LogP contribution in [0.25, 0.3) is 22.2 Å². The molecule has 0 saturated carbocycles. The minimum Gasteiger partial charge on any atom is -0.492 e. The minimum atomic E-state index is -4.79. The molecule has 2 atom stereocenters. The van der Waals surface area contributed by atoms with Gasteiger partial charge in [0.05, 0.1) is 35.7 Å². The molecule has 74 heavy (non-hydrogen) atoms. The largest absolute Gasteiger partial charge is 0.492 e. The summed E-state index contributed by atoms with van der Waals surface area (Å²) < 4.78 is 57.4. The zero-order valence-electron chi connectivity index (χ0n) is 41.0. The Kier molecular flexibility index (Phi) is 14.4. The molecule has 1 unspecified atom stereocenters. The number of amides is 5. The van der Waals surface area contributed by atoms with Gasteiger partial charge in [0, 0.05) is 92.2 Å². The predicted molar refractivity (Wildman–Crippen MR) is 270 cm³/mol. The van der Waals surface area contributed by atoms with E-state index in [1.54, 1.807) is 60.7 Å². The van der Waals surface area contributed by atoms with Crippen molar-refractivity contribution in [2.24, 2.45) is 11.8 Å². The summed E-state index contributed by atoms with van der Waals surface area (Å²) in [6.45, 7) is 4.43. The lowest BCUT2D eigenvalue weighted by atomic mass is 9.86. The SMILES string of the molecule is N#Cc1cccc2[nH]c(-c3ccccc3OC3(C(F)(F)F)CCN(C(=O)[C@H]4CC(=O)Nc5ccc(OCCNC(=O)C6CCN(CC7CCN(c8cccc(C9CCC(=O)NC9=O)c8)CC7)CC6)cc54)CC3)cc12. The van der Waals surface area contributed by atoms with E-state index in [2.05, 4.69) is 48.9 Å². The van der Waals surface area contributed by atoms with Crippen LogP contribution in [0.3, 0.4) is 0 Å². The Bertz CT molecular complexity index is 2980. The Hall–Kier alpha value is -7.39. The zero-order chi connectivity index (χ0) is 51.6. The molecule has 0 spiro atoms. The lowest BCUT2D eigenvalue weighted by Crippen LogP contribution is -2.58. The van der Waals surface area contributed by atoms with Crippen LogP contribution in [-0.2, 0) is 24.0 Å². The van der Waals surface area contributed by atoms with Crippen molar-refractivity contribution in [1.29, 1.82) is 5.26 Å². The van der Waals surface area contributed by atoms with Crippen LogP contribution in [0.1, 0.15) is 86.3 Å². The lowest BCUT2D eigenvalue weighted by Gasteiger charge is -2.43. The summed E-state index contributed by atoms with van der Waals surface area (Å²) in [7, 11) is 0. The molecule has 0 radical (unpaired) electrons. The van der Waals surface area contributed by atoms with Gasteiger partial charge in [-0.2, -0.15) is 18.4 Å². The molecule has 0 aliphatic carbocycles. The Morgan fingerprint density at radius 2 is 1.59 bits per heavy atom. The van der Waals surface area contributed by atoms with Gasteiger partial charge in [0.1, 0.15) is 18.1 Å². The number of hydrogen-bond donors (Lipinski definition) is 4. The fourth-order valence-electron chi connectivity index (χ4n) is 11.4. The second-order valence-electron chi connectivity index (χ2n) is 20.3. The first-order chi connectivity index (χ1) is 35.7. The van der Waals surface area contributed by atoms with Crippen LogP contribution >= 0.6 is 0 Å². The number of H-pyrrole nitrogens is 1.